The van der Waals surface area contributed by atoms with Crippen molar-refractivity contribution in [1.82, 2.24) is 14.7 Å². The first-order chi connectivity index (χ1) is 9.17. The van der Waals surface area contributed by atoms with Gasteiger partial charge in [-0.15, -0.1) is 0 Å². The monoisotopic (exact) mass is 259 g/mol. The standard InChI is InChI=1S/C15H21N3O/c1-4-17(5-2)15(19)10-11-18-14-9-7-6-8-13(14)12(3)16-18/h6-9H,4-5,10-11H2,1-3H3. The maximum Gasteiger partial charge on any atom is 0.224 e. The smallest absolute Gasteiger partial charge is 0.224 e. The second kappa shape index (κ2) is 5.87. The van der Waals surface area contributed by atoms with Gasteiger partial charge < -0.3 is 4.90 Å². The van der Waals surface area contributed by atoms with E-state index < -0.39 is 0 Å². The molecule has 0 saturated carbocycles. The predicted molar refractivity (Wildman–Crippen MR) is 77.0 cm³/mol. The lowest BCUT2D eigenvalue weighted by Crippen LogP contribution is -2.31. The second-order valence-electron chi connectivity index (χ2n) is 4.64. The van der Waals surface area contributed by atoms with E-state index in [-0.39, 0.29) is 5.91 Å². The average molecular weight is 259 g/mol. The number of hydrogen-bond acceptors (Lipinski definition) is 2. The summed E-state index contributed by atoms with van der Waals surface area (Å²) in [6, 6.07) is 8.15. The van der Waals surface area contributed by atoms with Gasteiger partial charge in [0, 0.05) is 24.9 Å². The number of carbonyl (C=O) groups is 1. The van der Waals surface area contributed by atoms with Gasteiger partial charge >= 0.3 is 0 Å². The summed E-state index contributed by atoms with van der Waals surface area (Å²) in [6.07, 6.45) is 0.507. The predicted octanol–water partition coefficient (Wildman–Crippen LogP) is 2.60. The van der Waals surface area contributed by atoms with Gasteiger partial charge in [0.15, 0.2) is 0 Å². The van der Waals surface area contributed by atoms with Crippen LogP contribution in [0.4, 0.5) is 0 Å². The van der Waals surface area contributed by atoms with Crippen molar-refractivity contribution in [1.29, 1.82) is 0 Å². The summed E-state index contributed by atoms with van der Waals surface area (Å²) in [4.78, 5) is 13.9. The zero-order valence-electron chi connectivity index (χ0n) is 11.9. The summed E-state index contributed by atoms with van der Waals surface area (Å²) in [5.74, 6) is 0.197. The minimum Gasteiger partial charge on any atom is -0.343 e. The van der Waals surface area contributed by atoms with Crippen LogP contribution in [0.3, 0.4) is 0 Å². The van der Waals surface area contributed by atoms with Crippen LogP contribution < -0.4 is 0 Å². The maximum absolute atomic E-state index is 12.0. The Kier molecular flexibility index (Phi) is 4.20. The lowest BCUT2D eigenvalue weighted by molar-refractivity contribution is -0.131. The molecular formula is C15H21N3O. The maximum atomic E-state index is 12.0. The van der Waals surface area contributed by atoms with Gasteiger partial charge in [0.2, 0.25) is 5.91 Å². The molecular weight excluding hydrogens is 238 g/mol. The Hall–Kier alpha value is -1.84. The highest BCUT2D eigenvalue weighted by Gasteiger charge is 2.11. The van der Waals surface area contributed by atoms with Gasteiger partial charge in [-0.05, 0) is 26.8 Å². The van der Waals surface area contributed by atoms with Crippen molar-refractivity contribution >= 4 is 16.8 Å². The molecule has 1 amide bonds. The number of aromatic nitrogens is 2. The molecule has 0 aliphatic heterocycles. The second-order valence-corrected chi connectivity index (χ2v) is 4.64. The third-order valence-corrected chi connectivity index (χ3v) is 3.50. The van der Waals surface area contributed by atoms with Crippen molar-refractivity contribution in [2.45, 2.75) is 33.7 Å². The van der Waals surface area contributed by atoms with E-state index in [0.717, 1.165) is 29.7 Å². The highest BCUT2D eigenvalue weighted by Crippen LogP contribution is 2.17. The van der Waals surface area contributed by atoms with E-state index in [1.165, 1.54) is 0 Å². The average Bonchev–Trinajstić information content (AvgIpc) is 2.75. The summed E-state index contributed by atoms with van der Waals surface area (Å²) >= 11 is 0. The molecule has 4 heteroatoms. The first-order valence-corrected chi connectivity index (χ1v) is 6.87. The molecule has 0 N–H and O–H groups in total. The van der Waals surface area contributed by atoms with Crippen molar-refractivity contribution in [3.05, 3.63) is 30.0 Å². The Balaban J connectivity index is 2.12. The van der Waals surface area contributed by atoms with Crippen LogP contribution >= 0.6 is 0 Å². The summed E-state index contributed by atoms with van der Waals surface area (Å²) in [7, 11) is 0. The van der Waals surface area contributed by atoms with Crippen LogP contribution in [0.15, 0.2) is 24.3 Å². The van der Waals surface area contributed by atoms with Crippen LogP contribution in [0.5, 0.6) is 0 Å². The van der Waals surface area contributed by atoms with Crippen LogP contribution in [0.25, 0.3) is 10.9 Å². The number of fused-ring (bicyclic) bond motifs is 1. The number of rotatable bonds is 5. The van der Waals surface area contributed by atoms with E-state index >= 15 is 0 Å². The largest absolute Gasteiger partial charge is 0.343 e. The van der Waals surface area contributed by atoms with Gasteiger partial charge in [-0.2, -0.15) is 5.10 Å². The molecule has 0 fully saturated rings. The summed E-state index contributed by atoms with van der Waals surface area (Å²) in [5.41, 5.74) is 2.12. The summed E-state index contributed by atoms with van der Waals surface area (Å²) in [6.45, 7) is 8.21. The van der Waals surface area contributed by atoms with E-state index in [4.69, 9.17) is 0 Å². The molecule has 1 aromatic heterocycles. The van der Waals surface area contributed by atoms with Gasteiger partial charge in [0.25, 0.3) is 0 Å². The fourth-order valence-electron chi connectivity index (χ4n) is 2.40. The van der Waals surface area contributed by atoms with Gasteiger partial charge in [0.1, 0.15) is 0 Å². The zero-order chi connectivity index (χ0) is 13.8. The number of benzene rings is 1. The number of aryl methyl sites for hydroxylation is 2. The first kappa shape index (κ1) is 13.6. The van der Waals surface area contributed by atoms with Crippen molar-refractivity contribution < 1.29 is 4.79 Å². The summed E-state index contributed by atoms with van der Waals surface area (Å²) in [5, 5.41) is 5.68. The lowest BCUT2D eigenvalue weighted by Gasteiger charge is -2.18. The molecule has 0 unspecified atom stereocenters. The number of para-hydroxylation sites is 1. The van der Waals surface area contributed by atoms with E-state index in [2.05, 4.69) is 17.2 Å². The topological polar surface area (TPSA) is 38.1 Å². The molecule has 1 aromatic carbocycles. The highest BCUT2D eigenvalue weighted by atomic mass is 16.2. The molecule has 19 heavy (non-hydrogen) atoms. The zero-order valence-corrected chi connectivity index (χ0v) is 11.9. The first-order valence-electron chi connectivity index (χ1n) is 6.87. The molecule has 0 aliphatic rings. The third-order valence-electron chi connectivity index (χ3n) is 3.50. The van der Waals surface area contributed by atoms with Gasteiger partial charge in [0.05, 0.1) is 17.8 Å². The molecule has 1 heterocycles. The third kappa shape index (κ3) is 2.78. The molecule has 2 aromatic rings. The Morgan fingerprint density at radius 2 is 1.95 bits per heavy atom. The van der Waals surface area contributed by atoms with E-state index in [1.54, 1.807) is 0 Å². The molecule has 0 aliphatic carbocycles. The molecule has 0 bridgehead atoms. The van der Waals surface area contributed by atoms with Crippen LogP contribution in [0.1, 0.15) is 26.0 Å². The minimum atomic E-state index is 0.197. The number of carbonyl (C=O) groups excluding carboxylic acids is 1. The van der Waals surface area contributed by atoms with Crippen LogP contribution in [0, 0.1) is 6.92 Å². The molecule has 0 spiro atoms. The molecule has 102 valence electrons. The van der Waals surface area contributed by atoms with Crippen LogP contribution in [-0.4, -0.2) is 33.7 Å². The van der Waals surface area contributed by atoms with Crippen LogP contribution in [-0.2, 0) is 11.3 Å². The molecule has 4 nitrogen and oxygen atoms in total. The normalized spacial score (nSPS) is 10.9. The Bertz CT molecular complexity index is 570. The van der Waals surface area contributed by atoms with Crippen LogP contribution in [0.2, 0.25) is 0 Å². The molecule has 0 atom stereocenters. The van der Waals surface area contributed by atoms with Gasteiger partial charge in [-0.1, -0.05) is 18.2 Å². The molecule has 0 radical (unpaired) electrons. The van der Waals surface area contributed by atoms with E-state index in [9.17, 15) is 4.79 Å². The van der Waals surface area contributed by atoms with Crippen molar-refractivity contribution in [3.8, 4) is 0 Å². The van der Waals surface area contributed by atoms with Gasteiger partial charge in [-0.25, -0.2) is 0 Å². The highest BCUT2D eigenvalue weighted by molar-refractivity contribution is 5.82. The Labute approximate surface area is 114 Å². The number of hydrogen-bond donors (Lipinski definition) is 0. The van der Waals surface area contributed by atoms with Gasteiger partial charge in [-0.3, -0.25) is 9.48 Å². The molecule has 2 rings (SSSR count). The SMILES string of the molecule is CCN(CC)C(=O)CCn1nc(C)c2ccccc21. The van der Waals surface area contributed by atoms with E-state index in [0.29, 0.717) is 13.0 Å². The van der Waals surface area contributed by atoms with E-state index in [1.807, 2.05) is 42.5 Å². The fourth-order valence-corrected chi connectivity index (χ4v) is 2.40. The quantitative estimate of drug-likeness (QED) is 0.827. The fraction of sp³-hybridized carbons (Fsp3) is 0.467. The van der Waals surface area contributed by atoms with Crippen molar-refractivity contribution in [2.24, 2.45) is 0 Å². The van der Waals surface area contributed by atoms with Crippen molar-refractivity contribution in [3.63, 3.8) is 0 Å². The van der Waals surface area contributed by atoms with Crippen molar-refractivity contribution in [2.75, 3.05) is 13.1 Å². The Morgan fingerprint density at radius 3 is 2.63 bits per heavy atom. The number of amides is 1. The summed E-state index contributed by atoms with van der Waals surface area (Å²) < 4.78 is 1.94. The minimum absolute atomic E-state index is 0.197. The Morgan fingerprint density at radius 1 is 1.26 bits per heavy atom. The number of nitrogens with zero attached hydrogens (tertiary/aromatic N) is 3. The lowest BCUT2D eigenvalue weighted by atomic mass is 10.2. The molecule has 0 saturated heterocycles.